The molecule has 4 aromatic rings. The number of nitrogens with one attached hydrogen (secondary N) is 1. The van der Waals surface area contributed by atoms with Crippen LogP contribution in [-0.4, -0.2) is 9.55 Å². The molecule has 2 heteroatoms. The van der Waals surface area contributed by atoms with Crippen molar-refractivity contribution in [1.29, 1.82) is 0 Å². The number of aryl methyl sites for hydroxylation is 1. The van der Waals surface area contributed by atoms with Crippen LogP contribution >= 0.6 is 0 Å². The van der Waals surface area contributed by atoms with Crippen molar-refractivity contribution in [2.24, 2.45) is 7.05 Å². The smallest absolute Gasteiger partial charge is 0.0484 e. The highest BCUT2D eigenvalue weighted by Gasteiger charge is 2.11. The minimum absolute atomic E-state index is 1.19. The summed E-state index contributed by atoms with van der Waals surface area (Å²) in [6.45, 7) is 0. The van der Waals surface area contributed by atoms with E-state index in [4.69, 9.17) is 0 Å². The summed E-state index contributed by atoms with van der Waals surface area (Å²) in [5.74, 6) is 0. The summed E-state index contributed by atoms with van der Waals surface area (Å²) >= 11 is 0. The molecule has 2 aromatic carbocycles. The van der Waals surface area contributed by atoms with Crippen molar-refractivity contribution in [3.8, 4) is 11.1 Å². The molecular weight excluding hydrogens is 232 g/mol. The van der Waals surface area contributed by atoms with Crippen molar-refractivity contribution in [3.63, 3.8) is 0 Å². The van der Waals surface area contributed by atoms with Gasteiger partial charge in [0.15, 0.2) is 0 Å². The molecule has 2 aromatic heterocycles. The number of hydrogen-bond acceptors (Lipinski definition) is 0. The van der Waals surface area contributed by atoms with Crippen molar-refractivity contribution in [1.82, 2.24) is 9.55 Å². The van der Waals surface area contributed by atoms with Crippen molar-refractivity contribution in [2.75, 3.05) is 0 Å². The maximum absolute atomic E-state index is 3.35. The highest BCUT2D eigenvalue weighted by atomic mass is 14.9. The Morgan fingerprint density at radius 3 is 2.47 bits per heavy atom. The molecule has 1 N–H and O–H groups in total. The van der Waals surface area contributed by atoms with E-state index < -0.39 is 0 Å². The third-order valence-electron chi connectivity index (χ3n) is 3.78. The fourth-order valence-electron chi connectivity index (χ4n) is 2.85. The molecule has 0 saturated heterocycles. The number of fused-ring (bicyclic) bond motifs is 2. The van der Waals surface area contributed by atoms with Gasteiger partial charge < -0.3 is 9.55 Å². The van der Waals surface area contributed by atoms with Crippen LogP contribution in [0.1, 0.15) is 0 Å². The molecule has 0 atom stereocenters. The van der Waals surface area contributed by atoms with Gasteiger partial charge in [0.25, 0.3) is 0 Å². The number of para-hydroxylation sites is 2. The van der Waals surface area contributed by atoms with Crippen LogP contribution in [0, 0.1) is 0 Å². The first kappa shape index (κ1) is 10.4. The Bertz CT molecular complexity index is 880. The number of H-pyrrole nitrogens is 1. The molecule has 0 fully saturated rings. The minimum Gasteiger partial charge on any atom is -0.361 e. The van der Waals surface area contributed by atoms with Crippen molar-refractivity contribution < 1.29 is 0 Å². The predicted molar refractivity (Wildman–Crippen MR) is 80.2 cm³/mol. The molecule has 92 valence electrons. The quantitative estimate of drug-likeness (QED) is 0.516. The Morgan fingerprint density at radius 2 is 1.58 bits per heavy atom. The monoisotopic (exact) mass is 246 g/mol. The molecule has 0 aliphatic heterocycles. The van der Waals surface area contributed by atoms with E-state index >= 15 is 0 Å². The standard InChI is InChI=1S/C17H14N2/c1-19-11-15(13-7-3-5-9-17(13)19)14-10-18-16-8-4-2-6-12(14)16/h2-11,18H,1H3. The third-order valence-corrected chi connectivity index (χ3v) is 3.78. The lowest BCUT2D eigenvalue weighted by molar-refractivity contribution is 0.970. The largest absolute Gasteiger partial charge is 0.361 e. The van der Waals surface area contributed by atoms with Gasteiger partial charge in [-0.05, 0) is 12.1 Å². The van der Waals surface area contributed by atoms with Crippen molar-refractivity contribution in [2.45, 2.75) is 0 Å². The zero-order chi connectivity index (χ0) is 12.8. The summed E-state index contributed by atoms with van der Waals surface area (Å²) in [5, 5.41) is 2.58. The molecule has 0 aliphatic carbocycles. The van der Waals surface area contributed by atoms with Gasteiger partial charge in [-0.25, -0.2) is 0 Å². The van der Waals surface area contributed by atoms with Gasteiger partial charge in [0.05, 0.1) is 0 Å². The van der Waals surface area contributed by atoms with E-state index in [1.165, 1.54) is 32.9 Å². The highest BCUT2D eigenvalue weighted by Crippen LogP contribution is 2.34. The second kappa shape index (κ2) is 3.75. The average Bonchev–Trinajstić information content (AvgIpc) is 3.01. The van der Waals surface area contributed by atoms with E-state index in [1.54, 1.807) is 0 Å². The van der Waals surface area contributed by atoms with E-state index in [1.807, 2.05) is 0 Å². The Labute approximate surface area is 111 Å². The number of hydrogen-bond donors (Lipinski definition) is 1. The van der Waals surface area contributed by atoms with Gasteiger partial charge in [0.2, 0.25) is 0 Å². The summed E-state index contributed by atoms with van der Waals surface area (Å²) in [6, 6.07) is 17.0. The lowest BCUT2D eigenvalue weighted by Gasteiger charge is -1.97. The highest BCUT2D eigenvalue weighted by molar-refractivity contribution is 6.04. The topological polar surface area (TPSA) is 20.7 Å². The second-order valence-electron chi connectivity index (χ2n) is 4.92. The average molecular weight is 246 g/mol. The molecule has 0 saturated carbocycles. The molecule has 19 heavy (non-hydrogen) atoms. The lowest BCUT2D eigenvalue weighted by atomic mass is 10.0. The number of benzene rings is 2. The van der Waals surface area contributed by atoms with Crippen LogP contribution in [0.15, 0.2) is 60.9 Å². The first-order chi connectivity index (χ1) is 9.34. The fraction of sp³-hybridized carbons (Fsp3) is 0.0588. The van der Waals surface area contributed by atoms with E-state index in [0.29, 0.717) is 0 Å². The van der Waals surface area contributed by atoms with Gasteiger partial charge in [-0.2, -0.15) is 0 Å². The third kappa shape index (κ3) is 1.43. The van der Waals surface area contributed by atoms with Crippen LogP contribution in [0.5, 0.6) is 0 Å². The molecule has 2 nitrogen and oxygen atoms in total. The van der Waals surface area contributed by atoms with E-state index in [0.717, 1.165) is 0 Å². The van der Waals surface area contributed by atoms with Crippen LogP contribution in [-0.2, 0) is 7.05 Å². The summed E-state index contributed by atoms with van der Waals surface area (Å²) < 4.78 is 2.19. The van der Waals surface area contributed by atoms with Gasteiger partial charge in [-0.1, -0.05) is 36.4 Å². The van der Waals surface area contributed by atoms with Crippen molar-refractivity contribution >= 4 is 21.8 Å². The minimum atomic E-state index is 1.19. The first-order valence-electron chi connectivity index (χ1n) is 6.45. The summed E-state index contributed by atoms with van der Waals surface area (Å²) in [7, 11) is 2.10. The van der Waals surface area contributed by atoms with E-state index in [-0.39, 0.29) is 0 Å². The molecule has 0 bridgehead atoms. The first-order valence-corrected chi connectivity index (χ1v) is 6.45. The Balaban J connectivity index is 2.10. The molecule has 0 unspecified atom stereocenters. The Hall–Kier alpha value is -2.48. The van der Waals surface area contributed by atoms with Crippen LogP contribution < -0.4 is 0 Å². The van der Waals surface area contributed by atoms with Gasteiger partial charge >= 0.3 is 0 Å². The zero-order valence-corrected chi connectivity index (χ0v) is 10.7. The summed E-state index contributed by atoms with van der Waals surface area (Å²) in [6.07, 6.45) is 4.31. The molecule has 2 heterocycles. The maximum Gasteiger partial charge on any atom is 0.0484 e. The Kier molecular flexibility index (Phi) is 2.06. The van der Waals surface area contributed by atoms with Gasteiger partial charge in [-0.3, -0.25) is 0 Å². The molecular formula is C17H14N2. The number of rotatable bonds is 1. The number of nitrogens with zero attached hydrogens (tertiary/aromatic N) is 1. The second-order valence-corrected chi connectivity index (χ2v) is 4.92. The predicted octanol–water partition coefficient (Wildman–Crippen LogP) is 4.33. The van der Waals surface area contributed by atoms with Gasteiger partial charge in [-0.15, -0.1) is 0 Å². The number of aromatic nitrogens is 2. The zero-order valence-electron chi connectivity index (χ0n) is 10.7. The fourth-order valence-corrected chi connectivity index (χ4v) is 2.85. The van der Waals surface area contributed by atoms with E-state index in [9.17, 15) is 0 Å². The van der Waals surface area contributed by atoms with Crippen LogP contribution in [0.2, 0.25) is 0 Å². The van der Waals surface area contributed by atoms with Gasteiger partial charge in [0.1, 0.15) is 0 Å². The van der Waals surface area contributed by atoms with Crippen LogP contribution in [0.3, 0.4) is 0 Å². The Morgan fingerprint density at radius 1 is 0.842 bits per heavy atom. The molecule has 0 radical (unpaired) electrons. The van der Waals surface area contributed by atoms with Gasteiger partial charge in [0, 0.05) is 52.4 Å². The number of aromatic amines is 1. The summed E-state index contributed by atoms with van der Waals surface area (Å²) in [4.78, 5) is 3.35. The molecule has 0 spiro atoms. The van der Waals surface area contributed by atoms with Crippen LogP contribution in [0.25, 0.3) is 32.9 Å². The molecule has 4 rings (SSSR count). The van der Waals surface area contributed by atoms with Crippen LogP contribution in [0.4, 0.5) is 0 Å². The molecule has 0 aliphatic rings. The SMILES string of the molecule is Cn1cc(-c2c[nH]c3ccccc23)c2ccccc21. The van der Waals surface area contributed by atoms with E-state index in [2.05, 4.69) is 77.5 Å². The molecule has 0 amide bonds. The summed E-state index contributed by atoms with van der Waals surface area (Å²) in [5.41, 5.74) is 5.01. The normalized spacial score (nSPS) is 11.4. The lowest BCUT2D eigenvalue weighted by Crippen LogP contribution is -1.81. The van der Waals surface area contributed by atoms with Crippen molar-refractivity contribution in [3.05, 3.63) is 60.9 Å². The maximum atomic E-state index is 3.35.